The van der Waals surface area contributed by atoms with E-state index in [2.05, 4.69) is 10.1 Å². The van der Waals surface area contributed by atoms with Crippen LogP contribution in [0.2, 0.25) is 0 Å². The fourth-order valence-electron chi connectivity index (χ4n) is 2.31. The maximum atomic E-state index is 5.97. The molecule has 108 valence electrons. The van der Waals surface area contributed by atoms with E-state index >= 15 is 0 Å². The van der Waals surface area contributed by atoms with E-state index < -0.39 is 5.60 Å². The van der Waals surface area contributed by atoms with Gasteiger partial charge in [0.05, 0.1) is 0 Å². The minimum atomic E-state index is -0.465. The lowest BCUT2D eigenvalue weighted by Gasteiger charge is -2.33. The minimum Gasteiger partial charge on any atom is -0.381 e. The number of hydrogen-bond acceptors (Lipinski definition) is 6. The molecule has 19 heavy (non-hydrogen) atoms. The van der Waals surface area contributed by atoms with Gasteiger partial charge in [-0.2, -0.15) is 4.98 Å². The van der Waals surface area contributed by atoms with E-state index in [-0.39, 0.29) is 5.54 Å². The molecule has 2 N–H and O–H groups in total. The van der Waals surface area contributed by atoms with Gasteiger partial charge in [-0.1, -0.05) is 5.16 Å². The first kappa shape index (κ1) is 14.4. The second kappa shape index (κ2) is 5.56. The molecule has 1 aromatic heterocycles. The van der Waals surface area contributed by atoms with Crippen molar-refractivity contribution in [2.24, 2.45) is 5.73 Å². The Bertz CT molecular complexity index is 400. The van der Waals surface area contributed by atoms with Crippen LogP contribution in [0.1, 0.15) is 45.3 Å². The molecule has 0 spiro atoms. The quantitative estimate of drug-likeness (QED) is 0.869. The molecule has 2 rings (SSSR count). The Kier molecular flexibility index (Phi) is 4.23. The van der Waals surface area contributed by atoms with E-state index in [0.29, 0.717) is 38.0 Å². The van der Waals surface area contributed by atoms with Crippen LogP contribution in [0.3, 0.4) is 0 Å². The van der Waals surface area contributed by atoms with Crippen LogP contribution in [-0.4, -0.2) is 35.5 Å². The summed E-state index contributed by atoms with van der Waals surface area (Å²) in [4.78, 5) is 4.47. The SMILES string of the molecule is CCOC1(c2noc(CC(C)(C)N)n2)CCOCC1. The molecular weight excluding hydrogens is 246 g/mol. The first-order valence-corrected chi connectivity index (χ1v) is 6.79. The lowest BCUT2D eigenvalue weighted by atomic mass is 9.93. The van der Waals surface area contributed by atoms with Gasteiger partial charge in [-0.3, -0.25) is 0 Å². The van der Waals surface area contributed by atoms with Crippen LogP contribution in [0, 0.1) is 0 Å². The molecular formula is C13H23N3O3. The predicted octanol–water partition coefficient (Wildman–Crippen LogP) is 1.39. The van der Waals surface area contributed by atoms with Gasteiger partial charge in [0, 0.05) is 44.6 Å². The second-order valence-electron chi connectivity index (χ2n) is 5.72. The zero-order valence-corrected chi connectivity index (χ0v) is 11.9. The molecule has 0 amide bonds. The fraction of sp³-hybridized carbons (Fsp3) is 0.846. The van der Waals surface area contributed by atoms with E-state index in [4.69, 9.17) is 19.7 Å². The molecule has 6 heteroatoms. The summed E-state index contributed by atoms with van der Waals surface area (Å²) in [6, 6.07) is 0. The van der Waals surface area contributed by atoms with Crippen molar-refractivity contribution in [2.75, 3.05) is 19.8 Å². The van der Waals surface area contributed by atoms with Crippen molar-refractivity contribution >= 4 is 0 Å². The largest absolute Gasteiger partial charge is 0.381 e. The van der Waals surface area contributed by atoms with Gasteiger partial charge in [-0.05, 0) is 20.8 Å². The highest BCUT2D eigenvalue weighted by Crippen LogP contribution is 2.34. The number of hydrogen-bond donors (Lipinski definition) is 1. The molecule has 1 saturated heterocycles. The van der Waals surface area contributed by atoms with E-state index in [1.54, 1.807) is 0 Å². The van der Waals surface area contributed by atoms with Gasteiger partial charge in [-0.25, -0.2) is 0 Å². The Morgan fingerprint density at radius 2 is 2.05 bits per heavy atom. The molecule has 0 aromatic carbocycles. The maximum absolute atomic E-state index is 5.97. The first-order valence-electron chi connectivity index (χ1n) is 6.79. The van der Waals surface area contributed by atoms with Gasteiger partial charge in [0.2, 0.25) is 11.7 Å². The maximum Gasteiger partial charge on any atom is 0.228 e. The van der Waals surface area contributed by atoms with Gasteiger partial charge in [-0.15, -0.1) is 0 Å². The van der Waals surface area contributed by atoms with E-state index in [1.807, 2.05) is 20.8 Å². The Labute approximate surface area is 113 Å². The third-order valence-corrected chi connectivity index (χ3v) is 3.20. The lowest BCUT2D eigenvalue weighted by Crippen LogP contribution is -2.38. The highest BCUT2D eigenvalue weighted by molar-refractivity contribution is 5.04. The normalized spacial score (nSPS) is 19.6. The standard InChI is InChI=1S/C13H23N3O3/c1-4-18-13(5-7-17-8-6-13)11-15-10(19-16-11)9-12(2,3)14/h4-9,14H2,1-3H3. The summed E-state index contributed by atoms with van der Waals surface area (Å²) in [5.41, 5.74) is 5.14. The lowest BCUT2D eigenvalue weighted by molar-refractivity contribution is -0.118. The van der Waals surface area contributed by atoms with Crippen molar-refractivity contribution in [3.63, 3.8) is 0 Å². The summed E-state index contributed by atoms with van der Waals surface area (Å²) in [5, 5.41) is 4.09. The van der Waals surface area contributed by atoms with E-state index in [1.165, 1.54) is 0 Å². The second-order valence-corrected chi connectivity index (χ2v) is 5.72. The molecule has 1 aliphatic rings. The van der Waals surface area contributed by atoms with Crippen molar-refractivity contribution in [3.05, 3.63) is 11.7 Å². The summed E-state index contributed by atoms with van der Waals surface area (Å²) >= 11 is 0. The Morgan fingerprint density at radius 1 is 1.37 bits per heavy atom. The van der Waals surface area contributed by atoms with Crippen molar-refractivity contribution in [3.8, 4) is 0 Å². The average molecular weight is 269 g/mol. The Morgan fingerprint density at radius 3 is 2.63 bits per heavy atom. The molecule has 0 atom stereocenters. The van der Waals surface area contributed by atoms with Crippen molar-refractivity contribution in [2.45, 2.75) is 51.2 Å². The molecule has 6 nitrogen and oxygen atoms in total. The zero-order chi connectivity index (χ0) is 13.9. The molecule has 0 unspecified atom stereocenters. The van der Waals surface area contributed by atoms with Gasteiger partial charge in [0.25, 0.3) is 0 Å². The molecule has 0 bridgehead atoms. The number of ether oxygens (including phenoxy) is 2. The van der Waals surface area contributed by atoms with Crippen LogP contribution < -0.4 is 5.73 Å². The zero-order valence-electron chi connectivity index (χ0n) is 11.9. The van der Waals surface area contributed by atoms with Gasteiger partial charge in [0.1, 0.15) is 5.60 Å². The summed E-state index contributed by atoms with van der Waals surface area (Å²) in [6.07, 6.45) is 2.07. The molecule has 0 saturated carbocycles. The molecule has 1 aromatic rings. The smallest absolute Gasteiger partial charge is 0.228 e. The topological polar surface area (TPSA) is 83.4 Å². The minimum absolute atomic E-state index is 0.363. The van der Waals surface area contributed by atoms with Gasteiger partial charge in [0.15, 0.2) is 0 Å². The highest BCUT2D eigenvalue weighted by atomic mass is 16.5. The molecule has 2 heterocycles. The average Bonchev–Trinajstić information content (AvgIpc) is 2.77. The number of nitrogens with zero attached hydrogens (tertiary/aromatic N) is 2. The van der Waals surface area contributed by atoms with Crippen molar-refractivity contribution in [1.82, 2.24) is 10.1 Å². The fourth-order valence-corrected chi connectivity index (χ4v) is 2.31. The van der Waals surface area contributed by atoms with E-state index in [9.17, 15) is 0 Å². The summed E-state index contributed by atoms with van der Waals surface area (Å²) in [5.74, 6) is 1.19. The first-order chi connectivity index (χ1) is 8.95. The summed E-state index contributed by atoms with van der Waals surface area (Å²) in [7, 11) is 0. The Hall–Kier alpha value is -0.980. The third-order valence-electron chi connectivity index (χ3n) is 3.20. The van der Waals surface area contributed by atoms with E-state index in [0.717, 1.165) is 12.8 Å². The van der Waals surface area contributed by atoms with Crippen molar-refractivity contribution < 1.29 is 14.0 Å². The van der Waals surface area contributed by atoms with Gasteiger partial charge < -0.3 is 19.7 Å². The van der Waals surface area contributed by atoms with Crippen molar-refractivity contribution in [1.29, 1.82) is 0 Å². The van der Waals surface area contributed by atoms with Crippen LogP contribution in [0.5, 0.6) is 0 Å². The van der Waals surface area contributed by atoms with Crippen LogP contribution in [0.4, 0.5) is 0 Å². The molecule has 1 aliphatic heterocycles. The molecule has 0 radical (unpaired) electrons. The van der Waals surface area contributed by atoms with Crippen LogP contribution in [-0.2, 0) is 21.5 Å². The predicted molar refractivity (Wildman–Crippen MR) is 69.6 cm³/mol. The van der Waals surface area contributed by atoms with Crippen LogP contribution >= 0.6 is 0 Å². The summed E-state index contributed by atoms with van der Waals surface area (Å²) in [6.45, 7) is 7.78. The highest BCUT2D eigenvalue weighted by Gasteiger charge is 2.40. The van der Waals surface area contributed by atoms with Gasteiger partial charge >= 0.3 is 0 Å². The number of nitrogens with two attached hydrogens (primary N) is 1. The Balaban J connectivity index is 2.18. The molecule has 1 fully saturated rings. The third kappa shape index (κ3) is 3.52. The monoisotopic (exact) mass is 269 g/mol. The van der Waals surface area contributed by atoms with Crippen LogP contribution in [0.25, 0.3) is 0 Å². The van der Waals surface area contributed by atoms with Crippen LogP contribution in [0.15, 0.2) is 4.52 Å². The molecule has 0 aliphatic carbocycles. The summed E-state index contributed by atoms with van der Waals surface area (Å²) < 4.78 is 16.6. The number of aromatic nitrogens is 2. The number of rotatable bonds is 5.